The fourth-order valence-corrected chi connectivity index (χ4v) is 4.54. The Morgan fingerprint density at radius 3 is 2.52 bits per heavy atom. The van der Waals surface area contributed by atoms with Crippen LogP contribution in [0.4, 0.5) is 0 Å². The summed E-state index contributed by atoms with van der Waals surface area (Å²) in [6, 6.07) is 10.9. The summed E-state index contributed by atoms with van der Waals surface area (Å²) < 4.78 is 25.4. The van der Waals surface area contributed by atoms with Crippen molar-refractivity contribution < 1.29 is 8.42 Å². The lowest BCUT2D eigenvalue weighted by atomic mass is 9.90. The highest BCUT2D eigenvalue weighted by atomic mass is 32.2. The van der Waals surface area contributed by atoms with Gasteiger partial charge in [-0.15, -0.1) is 0 Å². The molecule has 0 aromatic heterocycles. The number of rotatable bonds is 7. The first-order chi connectivity index (χ1) is 11.1. The first kappa shape index (κ1) is 16.9. The predicted octanol–water partition coefficient (Wildman–Crippen LogP) is 2.44. The first-order valence-corrected chi connectivity index (χ1v) is 10.4. The molecule has 1 saturated carbocycles. The third kappa shape index (κ3) is 4.78. The van der Waals surface area contributed by atoms with Crippen molar-refractivity contribution in [3.05, 3.63) is 35.9 Å². The van der Waals surface area contributed by atoms with Crippen molar-refractivity contribution in [2.24, 2.45) is 11.8 Å². The molecule has 0 bridgehead atoms. The number of sulfonamides is 1. The second-order valence-electron chi connectivity index (χ2n) is 7.06. The van der Waals surface area contributed by atoms with Gasteiger partial charge in [0.2, 0.25) is 10.0 Å². The van der Waals surface area contributed by atoms with E-state index in [9.17, 15) is 8.42 Å². The molecule has 1 N–H and O–H groups in total. The zero-order chi connectivity index (χ0) is 16.3. The lowest BCUT2D eigenvalue weighted by Crippen LogP contribution is -2.38. The summed E-state index contributed by atoms with van der Waals surface area (Å²) in [6.45, 7) is 2.76. The number of nitrogens with zero attached hydrogens (tertiary/aromatic N) is 1. The molecule has 5 heteroatoms. The summed E-state index contributed by atoms with van der Waals surface area (Å²) >= 11 is 0. The van der Waals surface area contributed by atoms with Crippen molar-refractivity contribution >= 4 is 10.0 Å². The maximum absolute atomic E-state index is 11.5. The van der Waals surface area contributed by atoms with Crippen molar-refractivity contribution in [3.8, 4) is 0 Å². The average molecular weight is 337 g/mol. The maximum Gasteiger partial charge on any atom is 0.212 e. The van der Waals surface area contributed by atoms with Crippen LogP contribution in [0.1, 0.15) is 37.2 Å². The van der Waals surface area contributed by atoms with Gasteiger partial charge in [0.1, 0.15) is 0 Å². The third-order valence-corrected chi connectivity index (χ3v) is 6.82. The first-order valence-electron chi connectivity index (χ1n) is 8.76. The zero-order valence-electron chi connectivity index (χ0n) is 13.9. The molecule has 1 heterocycles. The number of piperidine rings is 1. The fourth-order valence-electron chi connectivity index (χ4n) is 3.84. The molecule has 23 heavy (non-hydrogen) atoms. The van der Waals surface area contributed by atoms with Crippen molar-refractivity contribution in [1.29, 1.82) is 0 Å². The van der Waals surface area contributed by atoms with Gasteiger partial charge in [0, 0.05) is 6.54 Å². The maximum atomic E-state index is 11.5. The van der Waals surface area contributed by atoms with Gasteiger partial charge in [0.15, 0.2) is 0 Å². The van der Waals surface area contributed by atoms with Gasteiger partial charge in [0.05, 0.1) is 5.75 Å². The van der Waals surface area contributed by atoms with Crippen LogP contribution in [-0.2, 0) is 10.0 Å². The van der Waals surface area contributed by atoms with Crippen molar-refractivity contribution in [2.45, 2.75) is 31.6 Å². The van der Waals surface area contributed by atoms with E-state index in [2.05, 4.69) is 40.0 Å². The summed E-state index contributed by atoms with van der Waals surface area (Å²) in [5.41, 5.74) is 1.51. The lowest BCUT2D eigenvalue weighted by molar-refractivity contribution is 0.183. The average Bonchev–Trinajstić information content (AvgIpc) is 3.34. The number of hydrogen-bond donors (Lipinski definition) is 1. The summed E-state index contributed by atoms with van der Waals surface area (Å²) in [5, 5.41) is 0. The van der Waals surface area contributed by atoms with Crippen LogP contribution in [-0.4, -0.2) is 45.8 Å². The van der Waals surface area contributed by atoms with E-state index in [-0.39, 0.29) is 5.75 Å². The molecule has 2 fully saturated rings. The van der Waals surface area contributed by atoms with Gasteiger partial charge in [-0.2, -0.15) is 0 Å². The summed E-state index contributed by atoms with van der Waals surface area (Å²) in [6.07, 6.45) is 5.14. The Labute approximate surface area is 140 Å². The summed E-state index contributed by atoms with van der Waals surface area (Å²) in [7, 11) is -1.58. The Balaban J connectivity index is 1.37. The van der Waals surface area contributed by atoms with Crippen LogP contribution in [0.25, 0.3) is 0 Å². The highest BCUT2D eigenvalue weighted by Crippen LogP contribution is 2.51. The molecule has 0 spiro atoms. The van der Waals surface area contributed by atoms with Crippen LogP contribution < -0.4 is 4.72 Å². The van der Waals surface area contributed by atoms with E-state index in [0.717, 1.165) is 30.8 Å². The fraction of sp³-hybridized carbons (Fsp3) is 0.667. The highest BCUT2D eigenvalue weighted by Gasteiger charge is 2.39. The Hall–Kier alpha value is -0.910. The Morgan fingerprint density at radius 2 is 1.87 bits per heavy atom. The molecule has 1 aromatic carbocycles. The van der Waals surface area contributed by atoms with Gasteiger partial charge in [-0.3, -0.25) is 0 Å². The molecule has 1 aliphatic heterocycles. The van der Waals surface area contributed by atoms with E-state index in [1.165, 1.54) is 38.3 Å². The zero-order valence-corrected chi connectivity index (χ0v) is 14.8. The molecule has 128 valence electrons. The number of benzene rings is 1. The van der Waals surface area contributed by atoms with E-state index >= 15 is 0 Å². The van der Waals surface area contributed by atoms with E-state index in [1.807, 2.05) is 0 Å². The van der Waals surface area contributed by atoms with Gasteiger partial charge < -0.3 is 4.90 Å². The molecule has 1 aliphatic carbocycles. The topological polar surface area (TPSA) is 49.4 Å². The lowest BCUT2D eigenvalue weighted by Gasteiger charge is -2.32. The van der Waals surface area contributed by atoms with Crippen molar-refractivity contribution in [3.63, 3.8) is 0 Å². The molecule has 2 atom stereocenters. The summed E-state index contributed by atoms with van der Waals surface area (Å²) in [4.78, 5) is 2.30. The normalized spacial score (nSPS) is 26.3. The van der Waals surface area contributed by atoms with Crippen LogP contribution in [0.3, 0.4) is 0 Å². The minimum atomic E-state index is -3.07. The SMILES string of the molecule is CNS(=O)(=O)CCN1CCC(C[C@@H]2C[C@H]2c2ccccc2)CC1. The van der Waals surface area contributed by atoms with E-state index < -0.39 is 10.0 Å². The minimum Gasteiger partial charge on any atom is -0.302 e. The smallest absolute Gasteiger partial charge is 0.212 e. The van der Waals surface area contributed by atoms with Crippen LogP contribution in [0.15, 0.2) is 30.3 Å². The highest BCUT2D eigenvalue weighted by molar-refractivity contribution is 7.89. The molecule has 1 saturated heterocycles. The molecule has 0 radical (unpaired) electrons. The molecule has 3 rings (SSSR count). The Kier molecular flexibility index (Phi) is 5.39. The van der Waals surface area contributed by atoms with E-state index in [1.54, 1.807) is 0 Å². The molecular formula is C18H28N2O2S. The van der Waals surface area contributed by atoms with E-state index in [0.29, 0.717) is 6.54 Å². The molecular weight excluding hydrogens is 308 g/mol. The molecule has 4 nitrogen and oxygen atoms in total. The van der Waals surface area contributed by atoms with Gasteiger partial charge in [-0.1, -0.05) is 30.3 Å². The number of hydrogen-bond acceptors (Lipinski definition) is 3. The van der Waals surface area contributed by atoms with Gasteiger partial charge in [-0.25, -0.2) is 13.1 Å². The van der Waals surface area contributed by atoms with E-state index in [4.69, 9.17) is 0 Å². The van der Waals surface area contributed by atoms with Gasteiger partial charge in [-0.05, 0) is 69.1 Å². The third-order valence-electron chi connectivity index (χ3n) is 5.48. The Bertz CT molecular complexity index is 595. The van der Waals surface area contributed by atoms with Crippen molar-refractivity contribution in [2.75, 3.05) is 32.4 Å². The largest absolute Gasteiger partial charge is 0.302 e. The van der Waals surface area contributed by atoms with Gasteiger partial charge in [0.25, 0.3) is 0 Å². The monoisotopic (exact) mass is 336 g/mol. The van der Waals surface area contributed by atoms with Crippen LogP contribution in [0.2, 0.25) is 0 Å². The molecule has 1 aromatic rings. The number of likely N-dealkylation sites (tertiary alicyclic amines) is 1. The Morgan fingerprint density at radius 1 is 1.17 bits per heavy atom. The molecule has 2 aliphatic rings. The van der Waals surface area contributed by atoms with Crippen LogP contribution in [0, 0.1) is 11.8 Å². The second kappa shape index (κ2) is 7.32. The van der Waals surface area contributed by atoms with Crippen LogP contribution in [0.5, 0.6) is 0 Å². The van der Waals surface area contributed by atoms with Crippen LogP contribution >= 0.6 is 0 Å². The predicted molar refractivity (Wildman–Crippen MR) is 93.9 cm³/mol. The summed E-state index contributed by atoms with van der Waals surface area (Å²) in [5.74, 6) is 2.70. The second-order valence-corrected chi connectivity index (χ2v) is 9.10. The standard InChI is InChI=1S/C18H28N2O2S/c1-19-23(21,22)12-11-20-9-7-15(8-10-20)13-17-14-18(17)16-5-3-2-4-6-16/h2-6,15,17-19H,7-14H2,1H3/t17-,18+/m1/s1. The molecule has 0 amide bonds. The number of nitrogens with one attached hydrogen (secondary N) is 1. The molecule has 0 unspecified atom stereocenters. The van der Waals surface area contributed by atoms with Crippen molar-refractivity contribution in [1.82, 2.24) is 9.62 Å². The quantitative estimate of drug-likeness (QED) is 0.832. The van der Waals surface area contributed by atoms with Gasteiger partial charge >= 0.3 is 0 Å². The minimum absolute atomic E-state index is 0.215.